The van der Waals surface area contributed by atoms with Crippen molar-refractivity contribution in [3.63, 3.8) is 0 Å². The largest absolute Gasteiger partial charge is 0.459 e. The van der Waals surface area contributed by atoms with Gasteiger partial charge in [-0.05, 0) is 38.1 Å². The minimum atomic E-state index is -0.356. The Morgan fingerprint density at radius 3 is 2.54 bits per heavy atom. The molecule has 140 valence electrons. The number of benzene rings is 2. The highest BCUT2D eigenvalue weighted by Crippen LogP contribution is 2.26. The number of nitrogens with one attached hydrogen (secondary N) is 1. The molecule has 0 amide bonds. The van der Waals surface area contributed by atoms with Crippen LogP contribution in [0.2, 0.25) is 0 Å². The molecule has 0 unspecified atom stereocenters. The van der Waals surface area contributed by atoms with Crippen molar-refractivity contribution < 1.29 is 9.53 Å². The van der Waals surface area contributed by atoms with E-state index in [1.54, 1.807) is 30.5 Å². The highest BCUT2D eigenvalue weighted by Gasteiger charge is 2.10. The van der Waals surface area contributed by atoms with Gasteiger partial charge in [0, 0.05) is 22.8 Å². The van der Waals surface area contributed by atoms with E-state index in [2.05, 4.69) is 16.4 Å². The van der Waals surface area contributed by atoms with Crippen molar-refractivity contribution in [2.24, 2.45) is 0 Å². The normalized spacial score (nSPS) is 11.1. The average Bonchev–Trinajstić information content (AvgIpc) is 3.19. The van der Waals surface area contributed by atoms with Crippen molar-refractivity contribution in [1.29, 1.82) is 5.26 Å². The number of carbonyl (C=O) groups excluding carboxylic acids is 1. The number of anilines is 1. The van der Waals surface area contributed by atoms with Crippen LogP contribution in [0, 0.1) is 11.3 Å². The molecule has 0 atom stereocenters. The number of carbonyl (C=O) groups is 1. The third-order valence-electron chi connectivity index (χ3n) is 3.77. The molecule has 3 aromatic rings. The summed E-state index contributed by atoms with van der Waals surface area (Å²) in [6.07, 6.45) is 1.46. The molecule has 0 aliphatic heterocycles. The first kappa shape index (κ1) is 19.3. The predicted molar refractivity (Wildman–Crippen MR) is 112 cm³/mol. The van der Waals surface area contributed by atoms with Crippen LogP contribution >= 0.6 is 11.3 Å². The highest BCUT2D eigenvalue weighted by molar-refractivity contribution is 7.11. The van der Waals surface area contributed by atoms with Crippen molar-refractivity contribution in [3.05, 3.63) is 76.7 Å². The third kappa shape index (κ3) is 4.84. The molecule has 5 nitrogen and oxygen atoms in total. The van der Waals surface area contributed by atoms with E-state index in [4.69, 9.17) is 4.74 Å². The lowest BCUT2D eigenvalue weighted by Gasteiger charge is -2.08. The molecule has 0 aliphatic rings. The molecular weight excluding hydrogens is 370 g/mol. The molecular formula is C22H19N3O2S. The van der Waals surface area contributed by atoms with Gasteiger partial charge in [0.25, 0.3) is 0 Å². The summed E-state index contributed by atoms with van der Waals surface area (Å²) >= 11 is 1.42. The second kappa shape index (κ2) is 8.98. The first-order valence-electron chi connectivity index (χ1n) is 8.76. The Morgan fingerprint density at radius 2 is 1.89 bits per heavy atom. The molecule has 28 heavy (non-hydrogen) atoms. The lowest BCUT2D eigenvalue weighted by atomic mass is 10.2. The smallest absolute Gasteiger partial charge is 0.338 e. The Bertz CT molecular complexity index is 1020. The Labute approximate surface area is 167 Å². The second-order valence-corrected chi connectivity index (χ2v) is 7.11. The summed E-state index contributed by atoms with van der Waals surface area (Å²) < 4.78 is 5.17. The predicted octanol–water partition coefficient (Wildman–Crippen LogP) is 5.35. The van der Waals surface area contributed by atoms with Crippen LogP contribution in [0.4, 0.5) is 5.69 Å². The molecule has 0 radical (unpaired) electrons. The molecule has 2 aromatic carbocycles. The molecule has 6 heteroatoms. The van der Waals surface area contributed by atoms with Crippen LogP contribution in [0.25, 0.3) is 16.8 Å². The maximum atomic E-state index is 11.9. The SMILES string of the molecule is CC(C)OC(=O)c1ccc(NC=C(C#N)c2nc(-c3ccccc3)cs2)cc1. The summed E-state index contributed by atoms with van der Waals surface area (Å²) in [5.41, 5.74) is 3.54. The van der Waals surface area contributed by atoms with Gasteiger partial charge in [-0.1, -0.05) is 30.3 Å². The monoisotopic (exact) mass is 389 g/mol. The number of ether oxygens (including phenoxy) is 1. The standard InChI is InChI=1S/C22H19N3O2S/c1-15(2)27-22(26)17-8-10-19(11-9-17)24-13-18(12-23)21-25-20(14-28-21)16-6-4-3-5-7-16/h3-11,13-15,24H,1-2H3. The quantitative estimate of drug-likeness (QED) is 0.454. The lowest BCUT2D eigenvalue weighted by Crippen LogP contribution is -2.11. The maximum Gasteiger partial charge on any atom is 0.338 e. The zero-order valence-electron chi connectivity index (χ0n) is 15.5. The summed E-state index contributed by atoms with van der Waals surface area (Å²) in [6.45, 7) is 3.62. The van der Waals surface area contributed by atoms with E-state index in [1.165, 1.54) is 11.3 Å². The average molecular weight is 389 g/mol. The van der Waals surface area contributed by atoms with E-state index in [-0.39, 0.29) is 12.1 Å². The summed E-state index contributed by atoms with van der Waals surface area (Å²) in [5.74, 6) is -0.356. The van der Waals surface area contributed by atoms with Crippen LogP contribution in [-0.2, 0) is 4.74 Å². The van der Waals surface area contributed by atoms with Gasteiger partial charge in [0.05, 0.1) is 17.4 Å². The van der Waals surface area contributed by atoms with Gasteiger partial charge in [-0.2, -0.15) is 5.26 Å². The van der Waals surface area contributed by atoms with Gasteiger partial charge in [0.2, 0.25) is 0 Å². The van der Waals surface area contributed by atoms with Gasteiger partial charge >= 0.3 is 5.97 Å². The van der Waals surface area contributed by atoms with E-state index in [1.807, 2.05) is 49.6 Å². The van der Waals surface area contributed by atoms with Gasteiger partial charge < -0.3 is 10.1 Å². The Morgan fingerprint density at radius 1 is 1.18 bits per heavy atom. The van der Waals surface area contributed by atoms with Crippen molar-refractivity contribution in [2.75, 3.05) is 5.32 Å². The van der Waals surface area contributed by atoms with Gasteiger partial charge in [-0.3, -0.25) is 0 Å². The first-order valence-corrected chi connectivity index (χ1v) is 9.64. The van der Waals surface area contributed by atoms with Crippen molar-refractivity contribution in [3.8, 4) is 17.3 Å². The van der Waals surface area contributed by atoms with Crippen LogP contribution in [0.15, 0.2) is 66.2 Å². The van der Waals surface area contributed by atoms with Gasteiger partial charge in [-0.15, -0.1) is 11.3 Å². The molecule has 0 spiro atoms. The fourth-order valence-corrected chi connectivity index (χ4v) is 3.22. The number of nitriles is 1. The molecule has 1 N–H and O–H groups in total. The minimum Gasteiger partial charge on any atom is -0.459 e. The Hall–Kier alpha value is -3.43. The highest BCUT2D eigenvalue weighted by atomic mass is 32.1. The zero-order valence-corrected chi connectivity index (χ0v) is 16.4. The number of aromatic nitrogens is 1. The number of nitrogens with zero attached hydrogens (tertiary/aromatic N) is 2. The third-order valence-corrected chi connectivity index (χ3v) is 4.65. The fraction of sp³-hybridized carbons (Fsp3) is 0.136. The summed E-state index contributed by atoms with van der Waals surface area (Å²) in [6, 6.07) is 18.9. The second-order valence-electron chi connectivity index (χ2n) is 6.25. The number of allylic oxidation sites excluding steroid dienone is 1. The molecule has 0 fully saturated rings. The van der Waals surface area contributed by atoms with Crippen molar-refractivity contribution in [2.45, 2.75) is 20.0 Å². The Kier molecular flexibility index (Phi) is 6.20. The summed E-state index contributed by atoms with van der Waals surface area (Å²) in [7, 11) is 0. The lowest BCUT2D eigenvalue weighted by molar-refractivity contribution is 0.0378. The van der Waals surface area contributed by atoms with Crippen LogP contribution < -0.4 is 5.32 Å². The summed E-state index contributed by atoms with van der Waals surface area (Å²) in [5, 5.41) is 15.1. The van der Waals surface area contributed by atoms with Gasteiger partial charge in [-0.25, -0.2) is 9.78 Å². The number of thiazole rings is 1. The number of esters is 1. The Balaban J connectivity index is 1.71. The van der Waals surface area contributed by atoms with E-state index < -0.39 is 0 Å². The van der Waals surface area contributed by atoms with E-state index in [9.17, 15) is 10.1 Å². The molecule has 0 bridgehead atoms. The molecule has 1 aromatic heterocycles. The number of rotatable bonds is 6. The van der Waals surface area contributed by atoms with E-state index in [0.717, 1.165) is 16.9 Å². The molecule has 0 saturated carbocycles. The van der Waals surface area contributed by atoms with E-state index in [0.29, 0.717) is 16.1 Å². The molecule has 3 rings (SSSR count). The minimum absolute atomic E-state index is 0.162. The fourth-order valence-electron chi connectivity index (χ4n) is 2.42. The van der Waals surface area contributed by atoms with Crippen LogP contribution in [0.1, 0.15) is 29.2 Å². The molecule has 0 aliphatic carbocycles. The first-order chi connectivity index (χ1) is 13.6. The van der Waals surface area contributed by atoms with Crippen molar-refractivity contribution in [1.82, 2.24) is 4.98 Å². The van der Waals surface area contributed by atoms with Crippen LogP contribution in [-0.4, -0.2) is 17.1 Å². The van der Waals surface area contributed by atoms with Gasteiger partial charge in [0.15, 0.2) is 0 Å². The molecule has 0 saturated heterocycles. The zero-order chi connectivity index (χ0) is 19.9. The topological polar surface area (TPSA) is 75.0 Å². The number of hydrogen-bond donors (Lipinski definition) is 1. The molecule has 1 heterocycles. The van der Waals surface area contributed by atoms with Crippen molar-refractivity contribution >= 4 is 28.6 Å². The van der Waals surface area contributed by atoms with Crippen LogP contribution in [0.5, 0.6) is 0 Å². The van der Waals surface area contributed by atoms with E-state index >= 15 is 0 Å². The number of hydrogen-bond acceptors (Lipinski definition) is 6. The summed E-state index contributed by atoms with van der Waals surface area (Å²) in [4.78, 5) is 16.4. The maximum absolute atomic E-state index is 11.9. The van der Waals surface area contributed by atoms with Gasteiger partial charge in [0.1, 0.15) is 16.6 Å². The van der Waals surface area contributed by atoms with Crippen LogP contribution in [0.3, 0.4) is 0 Å².